The third-order valence-electron chi connectivity index (χ3n) is 2.60. The number of ether oxygens (including phenoxy) is 1. The largest absolute Gasteiger partial charge is 0.448 e. The van der Waals surface area contributed by atoms with Crippen LogP contribution in [0.15, 0.2) is 0 Å². The van der Waals surface area contributed by atoms with Crippen molar-refractivity contribution in [1.29, 1.82) is 0 Å². The number of nitrogens with one attached hydrogen (secondary N) is 1. The third-order valence-corrected chi connectivity index (χ3v) is 3.74. The molecule has 1 atom stereocenters. The third kappa shape index (κ3) is 4.63. The van der Waals surface area contributed by atoms with Crippen molar-refractivity contribution in [2.75, 3.05) is 12.3 Å². The summed E-state index contributed by atoms with van der Waals surface area (Å²) in [5.74, 6) is -1.06. The second-order valence-electron chi connectivity index (χ2n) is 4.98. The molecule has 0 saturated heterocycles. The van der Waals surface area contributed by atoms with Crippen LogP contribution in [-0.4, -0.2) is 29.5 Å². The number of nitrogens with two attached hydrogens (primary N) is 1. The number of nitrogen functional groups attached to an aromatic ring is 1. The van der Waals surface area contributed by atoms with Crippen LogP contribution in [0.3, 0.4) is 0 Å². The first-order valence-corrected chi connectivity index (χ1v) is 7.57. The highest BCUT2D eigenvalue weighted by Crippen LogP contribution is 2.34. The fourth-order valence-corrected chi connectivity index (χ4v) is 1.97. The summed E-state index contributed by atoms with van der Waals surface area (Å²) in [6, 6.07) is 0. The predicted molar refractivity (Wildman–Crippen MR) is 86.4 cm³/mol. The molecule has 0 spiro atoms. The van der Waals surface area contributed by atoms with Gasteiger partial charge in [-0.15, -0.1) is 0 Å². The fourth-order valence-electron chi connectivity index (χ4n) is 1.38. The van der Waals surface area contributed by atoms with E-state index in [1.807, 2.05) is 13.8 Å². The maximum atomic E-state index is 12.0. The van der Waals surface area contributed by atoms with Crippen LogP contribution < -0.4 is 11.1 Å². The van der Waals surface area contributed by atoms with Crippen molar-refractivity contribution < 1.29 is 14.3 Å². The molecule has 3 N–H and O–H groups in total. The monoisotopic (exact) mass is 367 g/mol. The second kappa shape index (κ2) is 7.85. The van der Waals surface area contributed by atoms with Gasteiger partial charge in [-0.3, -0.25) is 4.79 Å². The molecule has 0 unspecified atom stereocenters. The molecule has 0 aliphatic heterocycles. The molecule has 6 nitrogen and oxygen atoms in total. The van der Waals surface area contributed by atoms with Crippen molar-refractivity contribution in [2.24, 2.45) is 5.92 Å². The molecular weight excluding hydrogens is 353 g/mol. The average Bonchev–Trinajstić information content (AvgIpc) is 2.45. The lowest BCUT2D eigenvalue weighted by Gasteiger charge is -2.15. The van der Waals surface area contributed by atoms with Crippen LogP contribution >= 0.6 is 34.8 Å². The minimum Gasteiger partial charge on any atom is -0.448 e. The van der Waals surface area contributed by atoms with E-state index in [4.69, 9.17) is 45.3 Å². The maximum Gasteiger partial charge on any atom is 0.359 e. The van der Waals surface area contributed by atoms with Crippen LogP contribution in [-0.2, 0) is 9.53 Å². The summed E-state index contributed by atoms with van der Waals surface area (Å²) in [6.07, 6.45) is -1.01. The first-order valence-electron chi connectivity index (χ1n) is 6.43. The van der Waals surface area contributed by atoms with Gasteiger partial charge in [-0.05, 0) is 12.8 Å². The Balaban J connectivity index is 2.83. The lowest BCUT2D eigenvalue weighted by atomic mass is 10.2. The van der Waals surface area contributed by atoms with Crippen molar-refractivity contribution in [3.63, 3.8) is 0 Å². The molecule has 0 aromatic carbocycles. The highest BCUT2D eigenvalue weighted by atomic mass is 35.5. The van der Waals surface area contributed by atoms with Crippen molar-refractivity contribution >= 4 is 52.4 Å². The fraction of sp³-hybridized carbons (Fsp3) is 0.462. The van der Waals surface area contributed by atoms with Gasteiger partial charge in [-0.1, -0.05) is 48.7 Å². The van der Waals surface area contributed by atoms with Gasteiger partial charge in [-0.2, -0.15) is 0 Å². The Kier molecular flexibility index (Phi) is 6.71. The molecule has 0 fully saturated rings. The molecule has 1 amide bonds. The number of rotatable bonds is 5. The van der Waals surface area contributed by atoms with E-state index in [9.17, 15) is 9.59 Å². The summed E-state index contributed by atoms with van der Waals surface area (Å²) >= 11 is 17.4. The Hall–Kier alpha value is -1.24. The summed E-state index contributed by atoms with van der Waals surface area (Å²) in [4.78, 5) is 27.5. The average molecular weight is 369 g/mol. The van der Waals surface area contributed by atoms with Crippen LogP contribution in [0.2, 0.25) is 15.2 Å². The van der Waals surface area contributed by atoms with Gasteiger partial charge in [0.2, 0.25) is 0 Å². The molecule has 0 aliphatic rings. The van der Waals surface area contributed by atoms with E-state index in [1.54, 1.807) is 0 Å². The molecule has 0 radical (unpaired) electrons. The second-order valence-corrected chi connectivity index (χ2v) is 6.09. The summed E-state index contributed by atoms with van der Waals surface area (Å²) < 4.78 is 5.01. The molecule has 1 aromatic heterocycles. The van der Waals surface area contributed by atoms with E-state index in [0.717, 1.165) is 0 Å². The molecule has 22 heavy (non-hydrogen) atoms. The normalized spacial score (nSPS) is 12.1. The lowest BCUT2D eigenvalue weighted by molar-refractivity contribution is -0.129. The number of anilines is 1. The number of carbonyl (C=O) groups excluding carboxylic acids is 2. The number of carbonyl (C=O) groups is 2. The molecule has 0 saturated carbocycles. The number of nitrogens with zero attached hydrogens (tertiary/aromatic N) is 1. The van der Waals surface area contributed by atoms with Gasteiger partial charge in [0.15, 0.2) is 17.0 Å². The number of halogens is 3. The van der Waals surface area contributed by atoms with E-state index in [2.05, 4.69) is 10.3 Å². The standard InChI is InChI=1S/C13H16Cl3N3O3/c1-5(2)4-18-12(20)6(3)22-13(21)10-7(14)9(17)8(15)11(16)19-10/h5-6H,4H2,1-3H3,(H2,17,19)(H,18,20)/t6-/m1/s1. The van der Waals surface area contributed by atoms with Crippen LogP contribution in [0.5, 0.6) is 0 Å². The van der Waals surface area contributed by atoms with Crippen LogP contribution in [0.25, 0.3) is 0 Å². The number of pyridine rings is 1. The summed E-state index contributed by atoms with van der Waals surface area (Å²) in [7, 11) is 0. The Morgan fingerprint density at radius 2 is 1.82 bits per heavy atom. The topological polar surface area (TPSA) is 94.3 Å². The smallest absolute Gasteiger partial charge is 0.359 e. The quantitative estimate of drug-likeness (QED) is 0.615. The van der Waals surface area contributed by atoms with Gasteiger partial charge in [0, 0.05) is 6.54 Å². The molecule has 0 bridgehead atoms. The first-order chi connectivity index (χ1) is 10.1. The summed E-state index contributed by atoms with van der Waals surface area (Å²) in [5.41, 5.74) is 5.25. The van der Waals surface area contributed by atoms with Crippen molar-refractivity contribution in [2.45, 2.75) is 26.9 Å². The van der Waals surface area contributed by atoms with Gasteiger partial charge in [-0.25, -0.2) is 9.78 Å². The zero-order chi connectivity index (χ0) is 17.0. The van der Waals surface area contributed by atoms with E-state index < -0.39 is 18.0 Å². The van der Waals surface area contributed by atoms with Gasteiger partial charge >= 0.3 is 5.97 Å². The number of amides is 1. The van der Waals surface area contributed by atoms with E-state index in [0.29, 0.717) is 6.54 Å². The molecule has 1 rings (SSSR count). The Labute approximate surface area is 143 Å². The molecule has 1 aromatic rings. The molecular formula is C13H16Cl3N3O3. The molecule has 122 valence electrons. The molecule has 0 aliphatic carbocycles. The minimum absolute atomic E-state index is 0.0501. The van der Waals surface area contributed by atoms with Crippen molar-refractivity contribution in [3.8, 4) is 0 Å². The summed E-state index contributed by atoms with van der Waals surface area (Å²) in [6.45, 7) is 5.79. The van der Waals surface area contributed by atoms with Gasteiger partial charge in [0.25, 0.3) is 5.91 Å². The molecule has 9 heteroatoms. The number of hydrogen-bond acceptors (Lipinski definition) is 5. The number of esters is 1. The Morgan fingerprint density at radius 3 is 2.36 bits per heavy atom. The molecule has 1 heterocycles. The van der Waals surface area contributed by atoms with Crippen LogP contribution in [0.1, 0.15) is 31.3 Å². The van der Waals surface area contributed by atoms with Gasteiger partial charge in [0.05, 0.1) is 10.7 Å². The van der Waals surface area contributed by atoms with Crippen molar-refractivity contribution in [3.05, 3.63) is 20.9 Å². The predicted octanol–water partition coefficient (Wildman–Crippen LogP) is 2.94. The highest BCUT2D eigenvalue weighted by molar-refractivity contribution is 6.46. The highest BCUT2D eigenvalue weighted by Gasteiger charge is 2.24. The zero-order valence-corrected chi connectivity index (χ0v) is 14.5. The SMILES string of the molecule is CC(C)CNC(=O)[C@@H](C)OC(=O)c1nc(Cl)c(Cl)c(N)c1Cl. The van der Waals surface area contributed by atoms with Crippen molar-refractivity contribution in [1.82, 2.24) is 10.3 Å². The zero-order valence-electron chi connectivity index (χ0n) is 12.2. The summed E-state index contributed by atoms with van der Waals surface area (Å²) in [5, 5.41) is 2.25. The van der Waals surface area contributed by atoms with E-state index >= 15 is 0 Å². The van der Waals surface area contributed by atoms with E-state index in [-0.39, 0.29) is 32.5 Å². The van der Waals surface area contributed by atoms with Crippen LogP contribution in [0.4, 0.5) is 5.69 Å². The van der Waals surface area contributed by atoms with Crippen LogP contribution in [0, 0.1) is 5.92 Å². The Bertz CT molecular complexity index is 594. The minimum atomic E-state index is -1.01. The Morgan fingerprint density at radius 1 is 1.23 bits per heavy atom. The van der Waals surface area contributed by atoms with E-state index in [1.165, 1.54) is 6.92 Å². The lowest BCUT2D eigenvalue weighted by Crippen LogP contribution is -2.37. The first kappa shape index (κ1) is 18.8. The van der Waals surface area contributed by atoms with Gasteiger partial charge < -0.3 is 15.8 Å². The number of aromatic nitrogens is 1. The maximum absolute atomic E-state index is 12.0. The van der Waals surface area contributed by atoms with Gasteiger partial charge in [0.1, 0.15) is 5.02 Å². The number of hydrogen-bond donors (Lipinski definition) is 2.